The zero-order valence-corrected chi connectivity index (χ0v) is 33.6. The van der Waals surface area contributed by atoms with Crippen molar-refractivity contribution in [3.8, 4) is 22.3 Å². The molecule has 0 N–H and O–H groups in total. The first-order chi connectivity index (χ1) is 22.6. The van der Waals surface area contributed by atoms with Gasteiger partial charge in [0.25, 0.3) is 0 Å². The molecule has 7 aromatic rings. The van der Waals surface area contributed by atoms with Gasteiger partial charge in [-0.1, -0.05) is 138 Å². The fourth-order valence-corrected chi connectivity index (χ4v) is 5.98. The molecule has 0 unspecified atom stereocenters. The van der Waals surface area contributed by atoms with Crippen molar-refractivity contribution in [1.82, 2.24) is 0 Å². The van der Waals surface area contributed by atoms with E-state index >= 15 is 0 Å². The summed E-state index contributed by atoms with van der Waals surface area (Å²) in [6, 6.07) is 46.5. The molecule has 7 rings (SSSR count). The van der Waals surface area contributed by atoms with Gasteiger partial charge < -0.3 is 0 Å². The van der Waals surface area contributed by atoms with Gasteiger partial charge in [-0.3, -0.25) is 0 Å². The molecule has 0 atom stereocenters. The molecule has 0 saturated heterocycles. The van der Waals surface area contributed by atoms with Crippen molar-refractivity contribution in [1.29, 1.82) is 0 Å². The average Bonchev–Trinajstić information content (AvgIpc) is 3.68. The van der Waals surface area contributed by atoms with Crippen molar-refractivity contribution < 1.29 is 20.8 Å². The van der Waals surface area contributed by atoms with Crippen LogP contribution in [0.15, 0.2) is 127 Å². The van der Waals surface area contributed by atoms with E-state index in [2.05, 4.69) is 175 Å². The summed E-state index contributed by atoms with van der Waals surface area (Å²) >= 11 is -0.826. The van der Waals surface area contributed by atoms with Gasteiger partial charge in [0.05, 0.1) is 0 Å². The van der Waals surface area contributed by atoms with Crippen LogP contribution in [-0.2, 0) is 32.7 Å². The van der Waals surface area contributed by atoms with Crippen LogP contribution in [0.4, 0.5) is 0 Å². The summed E-state index contributed by atoms with van der Waals surface area (Å²) < 4.78 is 0. The normalized spacial score (nSPS) is 10.7. The van der Waals surface area contributed by atoms with Crippen molar-refractivity contribution in [2.75, 3.05) is 0 Å². The number of halogens is 2. The average molecular weight is 751 g/mol. The third-order valence-electron chi connectivity index (χ3n) is 8.26. The van der Waals surface area contributed by atoms with E-state index in [0.717, 1.165) is 15.9 Å². The molecule has 0 saturated carbocycles. The Hall–Kier alpha value is -2.74. The number of benzene rings is 5. The maximum atomic E-state index is 4.93. The Kier molecular flexibility index (Phi) is 13.9. The number of fused-ring (bicyclic) bond motifs is 3. The van der Waals surface area contributed by atoms with E-state index in [1.807, 2.05) is 0 Å². The van der Waals surface area contributed by atoms with Crippen LogP contribution in [0, 0.1) is 6.92 Å². The van der Waals surface area contributed by atoms with Gasteiger partial charge in [-0.15, -0.1) is 69.1 Å². The fourth-order valence-electron chi connectivity index (χ4n) is 5.98. The standard InChI is InChI=1S/C21H23.C20H15.C2H6Si.2ClH.Zr/c1-5-15-13-17-7-6-8-19(20(17)14-15)16-9-11-18(12-10-16)21(2,3)4;1-14-12-16-8-5-11-19(20(16)13-14)18-10-4-7-15-6-2-3-9-17(15)18;1-3-2;;;/h6-14H,5H2,1-4H3;2-13H,1H3;1-2H3;2*1H;/q2*-1;;;;+4/p-2. The van der Waals surface area contributed by atoms with Gasteiger partial charge in [-0.2, -0.15) is 12.1 Å². The molecule has 4 heteroatoms. The summed E-state index contributed by atoms with van der Waals surface area (Å²) in [5.41, 5.74) is 9.63. The molecule has 0 aromatic heterocycles. The van der Waals surface area contributed by atoms with E-state index in [9.17, 15) is 0 Å². The molecular weight excluding hydrogens is 707 g/mol. The van der Waals surface area contributed by atoms with Gasteiger partial charge in [-0.25, -0.2) is 0 Å². The Balaban J connectivity index is 0.000000183. The van der Waals surface area contributed by atoms with Crippen molar-refractivity contribution in [3.63, 3.8) is 0 Å². The van der Waals surface area contributed by atoms with Gasteiger partial charge in [-0.05, 0) is 39.3 Å². The van der Waals surface area contributed by atoms with Crippen molar-refractivity contribution in [2.24, 2.45) is 0 Å². The monoisotopic (exact) mass is 748 g/mol. The summed E-state index contributed by atoms with van der Waals surface area (Å²) in [6.45, 7) is 15.5. The van der Waals surface area contributed by atoms with E-state index in [-0.39, 0.29) is 5.41 Å². The molecule has 0 nitrogen and oxygen atoms in total. The molecule has 238 valence electrons. The molecular formula is C43H44Cl2SiZr. The number of rotatable bonds is 3. The molecule has 0 aliphatic heterocycles. The van der Waals surface area contributed by atoms with Crippen LogP contribution in [0.5, 0.6) is 0 Å². The first kappa shape index (κ1) is 37.1. The molecule has 0 aliphatic rings. The minimum absolute atomic E-state index is 0.209. The van der Waals surface area contributed by atoms with Crippen LogP contribution in [0.3, 0.4) is 0 Å². The molecule has 0 fully saturated rings. The third-order valence-corrected chi connectivity index (χ3v) is 8.26. The van der Waals surface area contributed by atoms with Crippen LogP contribution in [0.2, 0.25) is 13.1 Å². The SMILES string of the molecule is CCc1cc2c(-c3ccc(C(C)(C)C)cc3)cccc2[cH-]1.C[Si]C.Cc1cc2c(-c3cccc4ccccc34)cccc2[cH-]1.[Cl][Zr+2][Cl]. The van der Waals surface area contributed by atoms with Gasteiger partial charge in [0.1, 0.15) is 0 Å². The van der Waals surface area contributed by atoms with Crippen LogP contribution in [-0.4, -0.2) is 9.52 Å². The molecule has 0 spiro atoms. The first-order valence-electron chi connectivity index (χ1n) is 16.1. The third kappa shape index (κ3) is 9.45. The van der Waals surface area contributed by atoms with E-state index < -0.39 is 20.8 Å². The van der Waals surface area contributed by atoms with Gasteiger partial charge >= 0.3 is 37.9 Å². The van der Waals surface area contributed by atoms with Crippen molar-refractivity contribution in [2.45, 2.75) is 59.5 Å². The van der Waals surface area contributed by atoms with Crippen molar-refractivity contribution >= 4 is 58.9 Å². The van der Waals surface area contributed by atoms with Crippen LogP contribution in [0.1, 0.15) is 44.4 Å². The second-order valence-electron chi connectivity index (χ2n) is 12.8. The predicted octanol–water partition coefficient (Wildman–Crippen LogP) is 13.9. The zero-order chi connectivity index (χ0) is 34.0. The van der Waals surface area contributed by atoms with Crippen LogP contribution < -0.4 is 0 Å². The zero-order valence-electron chi connectivity index (χ0n) is 28.6. The Morgan fingerprint density at radius 1 is 0.638 bits per heavy atom. The second kappa shape index (κ2) is 17.6. The number of hydrogen-bond acceptors (Lipinski definition) is 0. The Morgan fingerprint density at radius 2 is 1.15 bits per heavy atom. The topological polar surface area (TPSA) is 0 Å². The van der Waals surface area contributed by atoms with E-state index in [1.165, 1.54) is 71.3 Å². The molecule has 47 heavy (non-hydrogen) atoms. The molecule has 7 aromatic carbocycles. The molecule has 0 amide bonds. The summed E-state index contributed by atoms with van der Waals surface area (Å²) in [5, 5.41) is 8.02. The Labute approximate surface area is 303 Å². The molecule has 2 radical (unpaired) electrons. The Bertz CT molecular complexity index is 2000. The van der Waals surface area contributed by atoms with Gasteiger partial charge in [0.2, 0.25) is 0 Å². The molecule has 0 heterocycles. The first-order valence-corrected chi connectivity index (χ1v) is 24.5. The number of aryl methyl sites for hydroxylation is 2. The summed E-state index contributed by atoms with van der Waals surface area (Å²) in [6.07, 6.45) is 1.09. The fraction of sp³-hybridized carbons (Fsp3) is 0.209. The molecule has 0 aliphatic carbocycles. The Morgan fingerprint density at radius 3 is 1.77 bits per heavy atom. The summed E-state index contributed by atoms with van der Waals surface area (Å²) in [5.74, 6) is 0. The van der Waals surface area contributed by atoms with E-state index in [4.69, 9.17) is 17.0 Å². The minimum atomic E-state index is -0.826. The second-order valence-corrected chi connectivity index (χ2v) is 17.5. The van der Waals surface area contributed by atoms with Crippen LogP contribution in [0.25, 0.3) is 54.6 Å². The quantitative estimate of drug-likeness (QED) is 0.125. The van der Waals surface area contributed by atoms with E-state index in [1.54, 1.807) is 0 Å². The van der Waals surface area contributed by atoms with Gasteiger partial charge in [0.15, 0.2) is 0 Å². The van der Waals surface area contributed by atoms with Crippen molar-refractivity contribution in [3.05, 3.63) is 144 Å². The summed E-state index contributed by atoms with van der Waals surface area (Å²) in [4.78, 5) is 0. The summed E-state index contributed by atoms with van der Waals surface area (Å²) in [7, 11) is 11.0. The molecule has 0 bridgehead atoms. The predicted molar refractivity (Wildman–Crippen MR) is 209 cm³/mol. The van der Waals surface area contributed by atoms with Crippen LogP contribution >= 0.6 is 17.0 Å². The van der Waals surface area contributed by atoms with Gasteiger partial charge in [0, 0.05) is 9.52 Å². The maximum absolute atomic E-state index is 4.93. The number of hydrogen-bond donors (Lipinski definition) is 0. The van der Waals surface area contributed by atoms with E-state index in [0.29, 0.717) is 0 Å².